The number of benzene rings is 1. The molecule has 0 unspecified atom stereocenters. The third-order valence-electron chi connectivity index (χ3n) is 6.00. The fraction of sp³-hybridized carbons (Fsp3) is 0.304. The van der Waals surface area contributed by atoms with Crippen LogP contribution >= 0.6 is 0 Å². The molecule has 6 heteroatoms. The summed E-state index contributed by atoms with van der Waals surface area (Å²) < 4.78 is 11.1. The molecule has 0 bridgehead atoms. The van der Waals surface area contributed by atoms with E-state index in [1.54, 1.807) is 6.07 Å². The molecule has 3 aromatic heterocycles. The third-order valence-corrected chi connectivity index (χ3v) is 6.00. The van der Waals surface area contributed by atoms with Crippen molar-refractivity contribution in [2.24, 2.45) is 0 Å². The Hall–Kier alpha value is -3.28. The van der Waals surface area contributed by atoms with Crippen molar-refractivity contribution in [2.45, 2.75) is 39.7 Å². The molecule has 1 amide bonds. The van der Waals surface area contributed by atoms with Crippen LogP contribution in [-0.4, -0.2) is 27.5 Å². The smallest absolute Gasteiger partial charge is 0.290 e. The Balaban J connectivity index is 1.39. The Morgan fingerprint density at radius 1 is 1.24 bits per heavy atom. The van der Waals surface area contributed by atoms with E-state index in [-0.39, 0.29) is 11.9 Å². The number of amides is 1. The van der Waals surface area contributed by atoms with Crippen LogP contribution in [0.1, 0.15) is 57.6 Å². The van der Waals surface area contributed by atoms with E-state index in [1.165, 1.54) is 10.9 Å². The number of rotatable bonds is 3. The van der Waals surface area contributed by atoms with Gasteiger partial charge >= 0.3 is 0 Å². The van der Waals surface area contributed by atoms with Gasteiger partial charge in [-0.25, -0.2) is 0 Å². The lowest BCUT2D eigenvalue weighted by Crippen LogP contribution is -2.38. The van der Waals surface area contributed by atoms with Gasteiger partial charge in [-0.3, -0.25) is 4.79 Å². The van der Waals surface area contributed by atoms with Gasteiger partial charge in [-0.15, -0.1) is 0 Å². The zero-order valence-corrected chi connectivity index (χ0v) is 16.8. The van der Waals surface area contributed by atoms with Crippen LogP contribution in [0.3, 0.4) is 0 Å². The lowest BCUT2D eigenvalue weighted by molar-refractivity contribution is 0.0640. The second kappa shape index (κ2) is 6.65. The average molecular weight is 389 g/mol. The van der Waals surface area contributed by atoms with Crippen LogP contribution in [0.4, 0.5) is 0 Å². The van der Waals surface area contributed by atoms with Crippen molar-refractivity contribution < 1.29 is 13.7 Å². The standard InChI is InChI=1S/C23H23N3O3/c1-13-19(15(3)29-25-13)12-16-8-9-21(28-16)23(27)26-11-10-18-17-6-4-5-7-20(17)24-22(18)14(26)2/h4-9,14,24H,10-12H2,1-3H3/t14-/m1/s1. The fourth-order valence-electron chi connectivity index (χ4n) is 4.36. The minimum atomic E-state index is -0.0770. The van der Waals surface area contributed by atoms with Crippen molar-refractivity contribution in [2.75, 3.05) is 6.54 Å². The molecule has 0 fully saturated rings. The SMILES string of the molecule is Cc1noc(C)c1Cc1ccc(C(=O)N2CCc3c([nH]c4ccccc34)[C@H]2C)o1. The third kappa shape index (κ3) is 2.87. The summed E-state index contributed by atoms with van der Waals surface area (Å²) >= 11 is 0. The highest BCUT2D eigenvalue weighted by Crippen LogP contribution is 2.35. The first-order valence-corrected chi connectivity index (χ1v) is 9.94. The van der Waals surface area contributed by atoms with Crippen LogP contribution in [0.25, 0.3) is 10.9 Å². The number of nitrogens with one attached hydrogen (secondary N) is 1. The van der Waals surface area contributed by atoms with Gasteiger partial charge < -0.3 is 18.8 Å². The van der Waals surface area contributed by atoms with Gasteiger partial charge in [-0.1, -0.05) is 23.4 Å². The molecule has 0 saturated carbocycles. The van der Waals surface area contributed by atoms with E-state index in [2.05, 4.69) is 35.3 Å². The number of aryl methyl sites for hydroxylation is 2. The first-order valence-electron chi connectivity index (χ1n) is 9.94. The van der Waals surface area contributed by atoms with Gasteiger partial charge in [0.25, 0.3) is 5.91 Å². The van der Waals surface area contributed by atoms with Gasteiger partial charge in [0.05, 0.1) is 11.7 Å². The molecule has 0 spiro atoms. The maximum atomic E-state index is 13.2. The van der Waals surface area contributed by atoms with E-state index >= 15 is 0 Å². The molecule has 6 nitrogen and oxygen atoms in total. The zero-order chi connectivity index (χ0) is 20.1. The summed E-state index contributed by atoms with van der Waals surface area (Å²) in [6.07, 6.45) is 1.40. The molecule has 1 atom stereocenters. The number of fused-ring (bicyclic) bond motifs is 3. The molecule has 29 heavy (non-hydrogen) atoms. The molecule has 1 aliphatic rings. The molecule has 148 valence electrons. The van der Waals surface area contributed by atoms with E-state index in [1.807, 2.05) is 30.9 Å². The Bertz CT molecular complexity index is 1190. The van der Waals surface area contributed by atoms with E-state index < -0.39 is 0 Å². The topological polar surface area (TPSA) is 75.3 Å². The van der Waals surface area contributed by atoms with E-state index in [0.717, 1.165) is 40.4 Å². The predicted molar refractivity (Wildman–Crippen MR) is 109 cm³/mol. The minimum Gasteiger partial charge on any atom is -0.456 e. The van der Waals surface area contributed by atoms with E-state index in [0.29, 0.717) is 18.7 Å². The Morgan fingerprint density at radius 2 is 2.07 bits per heavy atom. The second-order valence-electron chi connectivity index (χ2n) is 7.73. The van der Waals surface area contributed by atoms with Crippen LogP contribution in [0.2, 0.25) is 0 Å². The van der Waals surface area contributed by atoms with Crippen LogP contribution in [0.5, 0.6) is 0 Å². The van der Waals surface area contributed by atoms with Crippen molar-refractivity contribution in [3.8, 4) is 0 Å². The predicted octanol–water partition coefficient (Wildman–Crippen LogP) is 4.72. The summed E-state index contributed by atoms with van der Waals surface area (Å²) in [4.78, 5) is 18.6. The highest BCUT2D eigenvalue weighted by Gasteiger charge is 2.32. The van der Waals surface area contributed by atoms with E-state index in [4.69, 9.17) is 8.94 Å². The molecule has 0 saturated heterocycles. The van der Waals surface area contributed by atoms with Crippen molar-refractivity contribution >= 4 is 16.8 Å². The lowest BCUT2D eigenvalue weighted by Gasteiger charge is -2.33. The molecule has 0 aliphatic carbocycles. The molecule has 5 rings (SSSR count). The van der Waals surface area contributed by atoms with Gasteiger partial charge in [-0.05, 0) is 51.0 Å². The molecule has 0 radical (unpaired) electrons. The van der Waals surface area contributed by atoms with Crippen LogP contribution in [0, 0.1) is 13.8 Å². The van der Waals surface area contributed by atoms with Crippen molar-refractivity contribution in [1.29, 1.82) is 0 Å². The number of para-hydroxylation sites is 1. The van der Waals surface area contributed by atoms with E-state index in [9.17, 15) is 4.79 Å². The van der Waals surface area contributed by atoms with Crippen molar-refractivity contribution in [1.82, 2.24) is 15.0 Å². The summed E-state index contributed by atoms with van der Waals surface area (Å²) in [5, 5.41) is 5.23. The minimum absolute atomic E-state index is 0.0326. The Labute approximate surface area is 168 Å². The quantitative estimate of drug-likeness (QED) is 0.550. The number of carbonyl (C=O) groups is 1. The zero-order valence-electron chi connectivity index (χ0n) is 16.8. The molecule has 4 heterocycles. The van der Waals surface area contributed by atoms with Crippen molar-refractivity contribution in [3.63, 3.8) is 0 Å². The highest BCUT2D eigenvalue weighted by molar-refractivity contribution is 5.93. The van der Waals surface area contributed by atoms with Crippen LogP contribution in [-0.2, 0) is 12.8 Å². The van der Waals surface area contributed by atoms with Crippen LogP contribution < -0.4 is 0 Å². The maximum absolute atomic E-state index is 13.2. The summed E-state index contributed by atoms with van der Waals surface area (Å²) in [7, 11) is 0. The fourth-order valence-corrected chi connectivity index (χ4v) is 4.36. The first kappa shape index (κ1) is 17.8. The molecular weight excluding hydrogens is 366 g/mol. The number of nitrogens with zero attached hydrogens (tertiary/aromatic N) is 2. The Morgan fingerprint density at radius 3 is 2.86 bits per heavy atom. The van der Waals surface area contributed by atoms with Gasteiger partial charge in [0, 0.05) is 35.1 Å². The average Bonchev–Trinajstić information content (AvgIpc) is 3.42. The number of hydrogen-bond acceptors (Lipinski definition) is 4. The number of aromatic nitrogens is 2. The molecule has 1 aliphatic heterocycles. The summed E-state index contributed by atoms with van der Waals surface area (Å²) in [5.41, 5.74) is 5.41. The van der Waals surface area contributed by atoms with Gasteiger partial charge in [0.15, 0.2) is 5.76 Å². The molecule has 1 N–H and O–H groups in total. The van der Waals surface area contributed by atoms with Crippen molar-refractivity contribution in [3.05, 3.63) is 76.2 Å². The van der Waals surface area contributed by atoms with Crippen LogP contribution in [0.15, 0.2) is 45.3 Å². The summed E-state index contributed by atoms with van der Waals surface area (Å²) in [5.74, 6) is 1.81. The number of aromatic amines is 1. The highest BCUT2D eigenvalue weighted by atomic mass is 16.5. The first-order chi connectivity index (χ1) is 14.0. The summed E-state index contributed by atoms with van der Waals surface area (Å²) in [6, 6.07) is 11.9. The monoisotopic (exact) mass is 389 g/mol. The van der Waals surface area contributed by atoms with Gasteiger partial charge in [-0.2, -0.15) is 0 Å². The summed E-state index contributed by atoms with van der Waals surface area (Å²) in [6.45, 7) is 6.54. The molecular formula is C23H23N3O3. The largest absolute Gasteiger partial charge is 0.456 e. The number of H-pyrrole nitrogens is 1. The number of carbonyl (C=O) groups excluding carboxylic acids is 1. The van der Waals surface area contributed by atoms with Gasteiger partial charge in [0.2, 0.25) is 0 Å². The number of hydrogen-bond donors (Lipinski definition) is 1. The molecule has 4 aromatic rings. The Kier molecular flexibility index (Phi) is 4.08. The maximum Gasteiger partial charge on any atom is 0.290 e. The number of furan rings is 1. The molecule has 1 aromatic carbocycles. The second-order valence-corrected chi connectivity index (χ2v) is 7.73. The van der Waals surface area contributed by atoms with Gasteiger partial charge in [0.1, 0.15) is 11.5 Å². The normalized spacial score (nSPS) is 16.4. The lowest BCUT2D eigenvalue weighted by atomic mass is 9.98.